The number of nitrogens with one attached hydrogen (secondary N) is 1. The van der Waals surface area contributed by atoms with Gasteiger partial charge in [-0.2, -0.15) is 5.10 Å². The Labute approximate surface area is 134 Å². The minimum absolute atomic E-state index is 0.254. The van der Waals surface area contributed by atoms with Crippen LogP contribution in [0.15, 0.2) is 24.4 Å². The molecule has 0 fully saturated rings. The lowest BCUT2D eigenvalue weighted by molar-refractivity contribution is 0.101. The molecule has 3 aromatic rings. The predicted octanol–water partition coefficient (Wildman–Crippen LogP) is 4.07. The lowest BCUT2D eigenvalue weighted by Crippen LogP contribution is -2.17. The predicted molar refractivity (Wildman–Crippen MR) is 85.5 cm³/mol. The van der Waals surface area contributed by atoms with Crippen LogP contribution >= 0.6 is 34.5 Å². The van der Waals surface area contributed by atoms with Crippen molar-refractivity contribution in [2.75, 3.05) is 5.32 Å². The summed E-state index contributed by atoms with van der Waals surface area (Å²) in [4.78, 5) is 16.5. The molecule has 0 aliphatic heterocycles. The molecule has 2 aromatic heterocycles. The van der Waals surface area contributed by atoms with Gasteiger partial charge in [-0.15, -0.1) is 0 Å². The van der Waals surface area contributed by atoms with Crippen molar-refractivity contribution in [1.29, 1.82) is 0 Å². The Hall–Kier alpha value is -1.63. The largest absolute Gasteiger partial charge is 0.296 e. The average Bonchev–Trinajstić information content (AvgIpc) is 3.09. The molecule has 0 aliphatic rings. The summed E-state index contributed by atoms with van der Waals surface area (Å²) in [6.45, 7) is 2.54. The Morgan fingerprint density at radius 3 is 2.95 bits per heavy atom. The number of hydrogen-bond acceptors (Lipinski definition) is 4. The van der Waals surface area contributed by atoms with Crippen LogP contribution in [-0.2, 0) is 6.54 Å². The van der Waals surface area contributed by atoms with Crippen LogP contribution in [0, 0.1) is 0 Å². The molecule has 0 unspecified atom stereocenters. The van der Waals surface area contributed by atoms with Crippen LogP contribution in [0.3, 0.4) is 0 Å². The summed E-state index contributed by atoms with van der Waals surface area (Å²) >= 11 is 13.4. The zero-order chi connectivity index (χ0) is 15.0. The third-order valence-electron chi connectivity index (χ3n) is 2.92. The van der Waals surface area contributed by atoms with Crippen LogP contribution in [0.4, 0.5) is 5.13 Å². The summed E-state index contributed by atoms with van der Waals surface area (Å²) in [6.07, 6.45) is 1.59. The molecular formula is C13H10Cl2N4OS. The molecule has 0 saturated carbocycles. The molecule has 0 bridgehead atoms. The van der Waals surface area contributed by atoms with Gasteiger partial charge in [-0.3, -0.25) is 14.8 Å². The van der Waals surface area contributed by atoms with Gasteiger partial charge in [0.25, 0.3) is 5.91 Å². The summed E-state index contributed by atoms with van der Waals surface area (Å²) in [6, 6.07) is 5.20. The number of benzene rings is 1. The van der Waals surface area contributed by atoms with E-state index in [1.165, 1.54) is 11.3 Å². The number of aromatic nitrogens is 3. The topological polar surface area (TPSA) is 59.8 Å². The number of nitrogens with zero attached hydrogens (tertiary/aromatic N) is 3. The van der Waals surface area contributed by atoms with Crippen LogP contribution in [0.25, 0.3) is 10.2 Å². The number of halogens is 2. The average molecular weight is 341 g/mol. The molecule has 3 rings (SSSR count). The van der Waals surface area contributed by atoms with Crippen LogP contribution in [-0.4, -0.2) is 20.7 Å². The molecule has 0 saturated heterocycles. The van der Waals surface area contributed by atoms with Crippen molar-refractivity contribution in [2.24, 2.45) is 0 Å². The van der Waals surface area contributed by atoms with Crippen molar-refractivity contribution in [3.05, 3.63) is 40.1 Å². The Morgan fingerprint density at radius 2 is 2.19 bits per heavy atom. The van der Waals surface area contributed by atoms with Crippen molar-refractivity contribution in [2.45, 2.75) is 13.5 Å². The summed E-state index contributed by atoms with van der Waals surface area (Å²) in [5, 5.41) is 8.14. The van der Waals surface area contributed by atoms with E-state index in [1.807, 2.05) is 13.0 Å². The fourth-order valence-electron chi connectivity index (χ4n) is 1.93. The highest BCUT2D eigenvalue weighted by Gasteiger charge is 2.15. The molecule has 1 amide bonds. The fraction of sp³-hybridized carbons (Fsp3) is 0.154. The van der Waals surface area contributed by atoms with E-state index in [1.54, 1.807) is 23.0 Å². The van der Waals surface area contributed by atoms with Crippen molar-refractivity contribution in [1.82, 2.24) is 14.8 Å². The van der Waals surface area contributed by atoms with E-state index in [0.717, 1.165) is 4.70 Å². The Morgan fingerprint density at radius 1 is 1.38 bits per heavy atom. The van der Waals surface area contributed by atoms with Gasteiger partial charge in [0.1, 0.15) is 11.2 Å². The molecule has 0 spiro atoms. The van der Waals surface area contributed by atoms with Gasteiger partial charge in [0.2, 0.25) is 0 Å². The normalized spacial score (nSPS) is 11.0. The minimum atomic E-state index is -0.254. The molecule has 8 heteroatoms. The van der Waals surface area contributed by atoms with Gasteiger partial charge >= 0.3 is 0 Å². The Kier molecular flexibility index (Phi) is 3.84. The second-order valence-electron chi connectivity index (χ2n) is 4.21. The number of hydrogen-bond donors (Lipinski definition) is 1. The van der Waals surface area contributed by atoms with Crippen LogP contribution in [0.1, 0.15) is 17.4 Å². The molecule has 0 aliphatic carbocycles. The molecule has 0 atom stereocenters. The summed E-state index contributed by atoms with van der Waals surface area (Å²) in [5.41, 5.74) is 1.08. The summed E-state index contributed by atoms with van der Waals surface area (Å²) in [5.74, 6) is -0.254. The van der Waals surface area contributed by atoms with Crippen molar-refractivity contribution in [3.8, 4) is 0 Å². The first kappa shape index (κ1) is 14.3. The lowest BCUT2D eigenvalue weighted by Gasteiger charge is -2.03. The van der Waals surface area contributed by atoms with E-state index < -0.39 is 0 Å². The molecule has 5 nitrogen and oxygen atoms in total. The number of aryl methyl sites for hydroxylation is 1. The molecule has 1 aromatic carbocycles. The molecule has 21 heavy (non-hydrogen) atoms. The number of rotatable bonds is 3. The number of fused-ring (bicyclic) bond motifs is 1. The molecule has 108 valence electrons. The zero-order valence-electron chi connectivity index (χ0n) is 10.9. The molecule has 2 heterocycles. The summed E-state index contributed by atoms with van der Waals surface area (Å²) < 4.78 is 2.48. The molecule has 0 radical (unpaired) electrons. The Balaban J connectivity index is 1.92. The highest BCUT2D eigenvalue weighted by Crippen LogP contribution is 2.35. The van der Waals surface area contributed by atoms with Gasteiger partial charge in [0.05, 0.1) is 14.7 Å². The molecular weight excluding hydrogens is 331 g/mol. The van der Waals surface area contributed by atoms with Crippen molar-refractivity contribution >= 4 is 55.8 Å². The SMILES string of the molecule is CCn1nccc1C(=O)Nc1nc2c(Cl)c(Cl)ccc2s1. The van der Waals surface area contributed by atoms with Crippen LogP contribution in [0.5, 0.6) is 0 Å². The number of carbonyl (C=O) groups excluding carboxylic acids is 1. The maximum absolute atomic E-state index is 12.2. The first-order valence-corrected chi connectivity index (χ1v) is 7.75. The highest BCUT2D eigenvalue weighted by molar-refractivity contribution is 7.22. The van der Waals surface area contributed by atoms with Crippen molar-refractivity contribution in [3.63, 3.8) is 0 Å². The van der Waals surface area contributed by atoms with E-state index >= 15 is 0 Å². The van der Waals surface area contributed by atoms with E-state index in [0.29, 0.717) is 32.9 Å². The zero-order valence-corrected chi connectivity index (χ0v) is 13.3. The lowest BCUT2D eigenvalue weighted by atomic mass is 10.3. The number of thiazole rings is 1. The fourth-order valence-corrected chi connectivity index (χ4v) is 3.21. The van der Waals surface area contributed by atoms with Crippen LogP contribution < -0.4 is 5.32 Å². The Bertz CT molecular complexity index is 827. The van der Waals surface area contributed by atoms with E-state index in [2.05, 4.69) is 15.4 Å². The number of amides is 1. The minimum Gasteiger partial charge on any atom is -0.296 e. The van der Waals surface area contributed by atoms with Crippen molar-refractivity contribution < 1.29 is 4.79 Å². The van der Waals surface area contributed by atoms with Gasteiger partial charge in [0, 0.05) is 12.7 Å². The van der Waals surface area contributed by atoms with Gasteiger partial charge in [0.15, 0.2) is 5.13 Å². The highest BCUT2D eigenvalue weighted by atomic mass is 35.5. The van der Waals surface area contributed by atoms with Gasteiger partial charge < -0.3 is 0 Å². The van der Waals surface area contributed by atoms with E-state index in [4.69, 9.17) is 23.2 Å². The maximum Gasteiger partial charge on any atom is 0.275 e. The quantitative estimate of drug-likeness (QED) is 0.781. The first-order valence-electron chi connectivity index (χ1n) is 6.18. The second kappa shape index (κ2) is 5.63. The molecule has 1 N–H and O–H groups in total. The van der Waals surface area contributed by atoms with Crippen LogP contribution in [0.2, 0.25) is 10.0 Å². The monoisotopic (exact) mass is 340 g/mol. The smallest absolute Gasteiger partial charge is 0.275 e. The third-order valence-corrected chi connectivity index (χ3v) is 4.65. The summed E-state index contributed by atoms with van der Waals surface area (Å²) in [7, 11) is 0. The first-order chi connectivity index (χ1) is 10.1. The third kappa shape index (κ3) is 2.62. The van der Waals surface area contributed by atoms with Gasteiger partial charge in [-0.1, -0.05) is 34.5 Å². The maximum atomic E-state index is 12.2. The van der Waals surface area contributed by atoms with Gasteiger partial charge in [-0.05, 0) is 25.1 Å². The number of carbonyl (C=O) groups is 1. The second-order valence-corrected chi connectivity index (χ2v) is 6.03. The van der Waals surface area contributed by atoms with E-state index in [9.17, 15) is 4.79 Å². The standard InChI is InChI=1S/C13H10Cl2N4OS/c1-2-19-8(5-6-16-19)12(20)18-13-17-11-9(21-13)4-3-7(14)10(11)15/h3-6H,2H2,1H3,(H,17,18,20). The number of anilines is 1. The van der Waals surface area contributed by atoms with E-state index in [-0.39, 0.29) is 5.91 Å². The van der Waals surface area contributed by atoms with Gasteiger partial charge in [-0.25, -0.2) is 4.98 Å².